The first-order chi connectivity index (χ1) is 11.5. The number of aldehydes is 1. The molecule has 1 aromatic heterocycles. The number of carbonyl (C=O) groups is 2. The van der Waals surface area contributed by atoms with E-state index in [1.165, 1.54) is 4.73 Å². The zero-order valence-corrected chi connectivity index (χ0v) is 13.2. The van der Waals surface area contributed by atoms with Gasteiger partial charge in [-0.15, -0.1) is 0 Å². The lowest BCUT2D eigenvalue weighted by Gasteiger charge is -2.24. The lowest BCUT2D eigenvalue weighted by molar-refractivity contribution is -0.104. The summed E-state index contributed by atoms with van der Waals surface area (Å²) >= 11 is 0. The number of nitrogens with zero attached hydrogens (tertiary/aromatic N) is 1. The van der Waals surface area contributed by atoms with Crippen LogP contribution in [0.2, 0.25) is 0 Å². The highest BCUT2D eigenvalue weighted by atomic mass is 16.7. The van der Waals surface area contributed by atoms with Crippen LogP contribution in [0.25, 0.3) is 10.8 Å². The average molecular weight is 323 g/mol. The maximum atomic E-state index is 12.0. The molecule has 5 heteroatoms. The molecule has 24 heavy (non-hydrogen) atoms. The number of Topliss-reactive ketones (excluding diaryl/α,β-unsaturated/α-hetero) is 1. The lowest BCUT2D eigenvalue weighted by atomic mass is 9.97. The fraction of sp³-hybridized carbons (Fsp3) is 0.158. The van der Waals surface area contributed by atoms with Gasteiger partial charge in [-0.1, -0.05) is 54.6 Å². The standard InChI is InChI=1S/C19H17NO4/c1-19(23,15-8-3-2-4-9-15)13-24-20-11-14-7-5-6-10-16(14)18(20)17(22)12-21/h2-12,23H,13H2,1H3. The highest BCUT2D eigenvalue weighted by Gasteiger charge is 2.26. The zero-order valence-electron chi connectivity index (χ0n) is 13.2. The SMILES string of the molecule is CC(O)(COn1cc2ccccc2c1C(=O)C=O)c1ccccc1. The van der Waals surface area contributed by atoms with Crippen molar-refractivity contribution in [3.8, 4) is 0 Å². The van der Waals surface area contributed by atoms with Gasteiger partial charge in [0.05, 0.1) is 6.20 Å². The van der Waals surface area contributed by atoms with Crippen LogP contribution < -0.4 is 4.84 Å². The third-order valence-corrected chi connectivity index (χ3v) is 3.91. The Balaban J connectivity index is 1.93. The van der Waals surface area contributed by atoms with E-state index in [4.69, 9.17) is 4.84 Å². The molecule has 0 aliphatic rings. The minimum absolute atomic E-state index is 0.0723. The maximum absolute atomic E-state index is 12.0. The summed E-state index contributed by atoms with van der Waals surface area (Å²) in [6.07, 6.45) is 1.89. The highest BCUT2D eigenvalue weighted by Crippen LogP contribution is 2.23. The number of aromatic nitrogens is 1. The second-order valence-corrected chi connectivity index (χ2v) is 5.79. The Hall–Kier alpha value is -2.92. The average Bonchev–Trinajstić information content (AvgIpc) is 2.98. The summed E-state index contributed by atoms with van der Waals surface area (Å²) in [5, 5.41) is 12.0. The first kappa shape index (κ1) is 16.0. The highest BCUT2D eigenvalue weighted by molar-refractivity contribution is 6.35. The van der Waals surface area contributed by atoms with E-state index in [0.29, 0.717) is 10.9 Å². The Bertz CT molecular complexity index is 881. The molecule has 1 heterocycles. The molecule has 3 aromatic rings. The number of aliphatic hydroxyl groups is 1. The van der Waals surface area contributed by atoms with Gasteiger partial charge in [0.15, 0.2) is 6.29 Å². The van der Waals surface area contributed by atoms with Crippen molar-refractivity contribution < 1.29 is 19.5 Å². The molecule has 0 spiro atoms. The molecule has 0 aliphatic heterocycles. The van der Waals surface area contributed by atoms with Gasteiger partial charge in [-0.05, 0) is 12.5 Å². The molecular weight excluding hydrogens is 306 g/mol. The van der Waals surface area contributed by atoms with Crippen LogP contribution in [0.15, 0.2) is 60.8 Å². The second-order valence-electron chi connectivity index (χ2n) is 5.79. The Labute approximate surface area is 139 Å². The van der Waals surface area contributed by atoms with Gasteiger partial charge in [0, 0.05) is 10.8 Å². The van der Waals surface area contributed by atoms with Gasteiger partial charge in [0.2, 0.25) is 5.78 Å². The summed E-state index contributed by atoms with van der Waals surface area (Å²) < 4.78 is 1.26. The summed E-state index contributed by atoms with van der Waals surface area (Å²) in [6, 6.07) is 16.3. The van der Waals surface area contributed by atoms with Gasteiger partial charge in [-0.25, -0.2) is 0 Å². The summed E-state index contributed by atoms with van der Waals surface area (Å²) in [7, 11) is 0. The van der Waals surface area contributed by atoms with E-state index in [1.54, 1.807) is 37.4 Å². The number of carbonyl (C=O) groups excluding carboxylic acids is 2. The van der Waals surface area contributed by atoms with Crippen molar-refractivity contribution in [1.29, 1.82) is 0 Å². The van der Waals surface area contributed by atoms with Crippen molar-refractivity contribution in [3.63, 3.8) is 0 Å². The number of hydrogen-bond donors (Lipinski definition) is 1. The Kier molecular flexibility index (Phi) is 4.18. The van der Waals surface area contributed by atoms with Crippen molar-refractivity contribution in [1.82, 2.24) is 4.73 Å². The van der Waals surface area contributed by atoms with Crippen LogP contribution in [0, 0.1) is 0 Å². The normalized spacial score (nSPS) is 13.4. The Morgan fingerprint density at radius 1 is 1.17 bits per heavy atom. The Morgan fingerprint density at radius 2 is 1.83 bits per heavy atom. The molecule has 0 saturated carbocycles. The number of benzene rings is 2. The molecular formula is C19H17NO4. The largest absolute Gasteiger partial charge is 0.410 e. The molecule has 3 rings (SSSR count). The van der Waals surface area contributed by atoms with Crippen molar-refractivity contribution in [2.24, 2.45) is 0 Å². The minimum Gasteiger partial charge on any atom is -0.410 e. The Morgan fingerprint density at radius 3 is 2.54 bits per heavy atom. The minimum atomic E-state index is -1.24. The second kappa shape index (κ2) is 6.29. The smallest absolute Gasteiger partial charge is 0.245 e. The monoisotopic (exact) mass is 323 g/mol. The van der Waals surface area contributed by atoms with Crippen LogP contribution in [0.1, 0.15) is 23.0 Å². The molecule has 0 aliphatic carbocycles. The van der Waals surface area contributed by atoms with Crippen LogP contribution in [0.3, 0.4) is 0 Å². The first-order valence-corrected chi connectivity index (χ1v) is 7.54. The topological polar surface area (TPSA) is 68.5 Å². The first-order valence-electron chi connectivity index (χ1n) is 7.54. The van der Waals surface area contributed by atoms with Crippen LogP contribution in [0.5, 0.6) is 0 Å². The van der Waals surface area contributed by atoms with Crippen molar-refractivity contribution in [3.05, 3.63) is 72.1 Å². The summed E-state index contributed by atoms with van der Waals surface area (Å²) in [5.74, 6) is -0.671. The van der Waals surface area contributed by atoms with E-state index in [2.05, 4.69) is 0 Å². The molecule has 1 unspecified atom stereocenters. The van der Waals surface area contributed by atoms with Crippen LogP contribution in [0.4, 0.5) is 0 Å². The predicted molar refractivity (Wildman–Crippen MR) is 89.8 cm³/mol. The predicted octanol–water partition coefficient (Wildman–Crippen LogP) is 2.36. The van der Waals surface area contributed by atoms with E-state index in [9.17, 15) is 14.7 Å². The van der Waals surface area contributed by atoms with E-state index < -0.39 is 11.4 Å². The van der Waals surface area contributed by atoms with Gasteiger partial charge in [0.25, 0.3) is 0 Å². The van der Waals surface area contributed by atoms with E-state index in [-0.39, 0.29) is 18.6 Å². The molecule has 0 bridgehead atoms. The summed E-state index contributed by atoms with van der Waals surface area (Å²) in [6.45, 7) is 1.56. The van der Waals surface area contributed by atoms with Crippen LogP contribution in [-0.4, -0.2) is 28.5 Å². The fourth-order valence-electron chi connectivity index (χ4n) is 2.61. The number of hydrogen-bond acceptors (Lipinski definition) is 4. The van der Waals surface area contributed by atoms with E-state index >= 15 is 0 Å². The molecule has 0 fully saturated rings. The maximum Gasteiger partial charge on any atom is 0.245 e. The van der Waals surface area contributed by atoms with E-state index in [0.717, 1.165) is 5.39 Å². The molecule has 1 N–H and O–H groups in total. The molecule has 1 atom stereocenters. The molecule has 2 aromatic carbocycles. The number of fused-ring (bicyclic) bond motifs is 1. The molecule has 5 nitrogen and oxygen atoms in total. The van der Waals surface area contributed by atoms with Gasteiger partial charge >= 0.3 is 0 Å². The lowest BCUT2D eigenvalue weighted by Crippen LogP contribution is -2.33. The van der Waals surface area contributed by atoms with Crippen LogP contribution >= 0.6 is 0 Å². The summed E-state index contributed by atoms with van der Waals surface area (Å²) in [5.41, 5.74) is -0.381. The zero-order chi connectivity index (χ0) is 17.2. The third kappa shape index (κ3) is 2.94. The van der Waals surface area contributed by atoms with Gasteiger partial charge in [-0.3, -0.25) is 9.59 Å². The number of ketones is 1. The number of rotatable bonds is 6. The summed E-state index contributed by atoms with van der Waals surface area (Å²) in [4.78, 5) is 28.6. The third-order valence-electron chi connectivity index (χ3n) is 3.91. The van der Waals surface area contributed by atoms with Gasteiger partial charge in [-0.2, -0.15) is 4.73 Å². The molecule has 0 amide bonds. The fourth-order valence-corrected chi connectivity index (χ4v) is 2.61. The van der Waals surface area contributed by atoms with Gasteiger partial charge < -0.3 is 9.94 Å². The van der Waals surface area contributed by atoms with Gasteiger partial charge in [0.1, 0.15) is 17.9 Å². The van der Waals surface area contributed by atoms with Crippen molar-refractivity contribution in [2.45, 2.75) is 12.5 Å². The molecule has 122 valence electrons. The quantitative estimate of drug-likeness (QED) is 0.429. The molecule has 0 radical (unpaired) electrons. The van der Waals surface area contributed by atoms with Crippen molar-refractivity contribution >= 4 is 22.8 Å². The van der Waals surface area contributed by atoms with E-state index in [1.807, 2.05) is 30.3 Å². The van der Waals surface area contributed by atoms with Crippen LogP contribution in [-0.2, 0) is 10.4 Å². The van der Waals surface area contributed by atoms with Crippen molar-refractivity contribution in [2.75, 3.05) is 6.61 Å². The molecule has 0 saturated heterocycles.